The van der Waals surface area contributed by atoms with Crippen LogP contribution in [0.1, 0.15) is 28.8 Å². The van der Waals surface area contributed by atoms with E-state index >= 15 is 0 Å². The van der Waals surface area contributed by atoms with E-state index in [-0.39, 0.29) is 24.6 Å². The Hall–Kier alpha value is -3.30. The first-order valence-corrected chi connectivity index (χ1v) is 8.45. The minimum absolute atomic E-state index is 0.0209. The second kappa shape index (κ2) is 10.1. The highest BCUT2D eigenvalue weighted by Crippen LogP contribution is 2.26. The van der Waals surface area contributed by atoms with Gasteiger partial charge in [-0.05, 0) is 37.3 Å². The Morgan fingerprint density at radius 3 is 2.68 bits per heavy atom. The zero-order chi connectivity index (χ0) is 20.5. The van der Waals surface area contributed by atoms with Crippen LogP contribution in [0.2, 0.25) is 0 Å². The molecule has 0 saturated carbocycles. The van der Waals surface area contributed by atoms with Gasteiger partial charge in [-0.2, -0.15) is 8.78 Å². The molecule has 0 unspecified atom stereocenters. The smallest absolute Gasteiger partial charge is 0.387 e. The molecule has 0 saturated heterocycles. The molecule has 1 heterocycles. The third kappa shape index (κ3) is 6.15. The fraction of sp³-hybridized carbons (Fsp3) is 0.333. The molecule has 0 aliphatic heterocycles. The molecule has 0 radical (unpaired) electrons. The number of ether oxygens (including phenoxy) is 2. The number of hydrogen-bond donors (Lipinski definition) is 3. The van der Waals surface area contributed by atoms with Crippen molar-refractivity contribution >= 4 is 11.9 Å². The molecule has 28 heavy (non-hydrogen) atoms. The van der Waals surface area contributed by atoms with Crippen LogP contribution in [0.5, 0.6) is 11.5 Å². The summed E-state index contributed by atoms with van der Waals surface area (Å²) in [4.78, 5) is 15.4. The van der Waals surface area contributed by atoms with E-state index < -0.39 is 12.5 Å². The second-order valence-electron chi connectivity index (χ2n) is 5.53. The fourth-order valence-corrected chi connectivity index (χ4v) is 2.30. The minimum Gasteiger partial charge on any atom is -0.497 e. The van der Waals surface area contributed by atoms with E-state index in [0.717, 1.165) is 0 Å². The zero-order valence-electron chi connectivity index (χ0n) is 15.5. The number of alkyl halides is 2. The van der Waals surface area contributed by atoms with Crippen molar-refractivity contribution in [2.45, 2.75) is 26.6 Å². The lowest BCUT2D eigenvalue weighted by Gasteiger charge is -2.13. The highest BCUT2D eigenvalue weighted by Gasteiger charge is 2.12. The van der Waals surface area contributed by atoms with Crippen molar-refractivity contribution in [1.82, 2.24) is 10.6 Å². The van der Waals surface area contributed by atoms with Gasteiger partial charge in [-0.3, -0.25) is 4.79 Å². The monoisotopic (exact) mass is 396 g/mol. The number of furan rings is 1. The van der Waals surface area contributed by atoms with Crippen molar-refractivity contribution in [2.24, 2.45) is 10.7 Å². The summed E-state index contributed by atoms with van der Waals surface area (Å²) in [5, 5.41) is 6.05. The molecular formula is C18H22F2N4O4. The van der Waals surface area contributed by atoms with Crippen molar-refractivity contribution in [3.8, 4) is 11.5 Å². The zero-order valence-corrected chi connectivity index (χ0v) is 15.5. The molecule has 0 aliphatic carbocycles. The maximum atomic E-state index is 12.6. The Kier molecular flexibility index (Phi) is 7.61. The average molecular weight is 396 g/mol. The van der Waals surface area contributed by atoms with Crippen LogP contribution in [0.15, 0.2) is 39.7 Å². The number of halogens is 2. The number of methoxy groups -OCH3 is 1. The van der Waals surface area contributed by atoms with E-state index in [2.05, 4.69) is 20.4 Å². The van der Waals surface area contributed by atoms with Crippen molar-refractivity contribution < 1.29 is 27.5 Å². The third-order valence-electron chi connectivity index (χ3n) is 3.57. The number of amides is 1. The first-order valence-electron chi connectivity index (χ1n) is 8.45. The van der Waals surface area contributed by atoms with Crippen LogP contribution in [-0.2, 0) is 13.1 Å². The summed E-state index contributed by atoms with van der Waals surface area (Å²) in [7, 11) is 1.48. The van der Waals surface area contributed by atoms with Gasteiger partial charge in [-0.15, -0.1) is 0 Å². The molecule has 1 amide bonds. The van der Waals surface area contributed by atoms with Gasteiger partial charge in [0, 0.05) is 12.1 Å². The minimum atomic E-state index is -2.94. The summed E-state index contributed by atoms with van der Waals surface area (Å²) in [6, 6.07) is 7.61. The number of rotatable bonds is 9. The highest BCUT2D eigenvalue weighted by molar-refractivity contribution is 5.89. The largest absolute Gasteiger partial charge is 0.497 e. The molecule has 2 aromatic rings. The molecule has 0 fully saturated rings. The Labute approximate surface area is 160 Å². The number of aliphatic imine (C=N–C) groups is 1. The van der Waals surface area contributed by atoms with Gasteiger partial charge in [0.2, 0.25) is 0 Å². The number of nitrogens with two attached hydrogens (primary N) is 1. The first-order chi connectivity index (χ1) is 13.4. The Balaban J connectivity index is 2.11. The van der Waals surface area contributed by atoms with Gasteiger partial charge in [0.25, 0.3) is 5.91 Å². The van der Waals surface area contributed by atoms with Crippen molar-refractivity contribution in [3.05, 3.63) is 47.4 Å². The quantitative estimate of drug-likeness (QED) is 0.443. The van der Waals surface area contributed by atoms with E-state index in [1.165, 1.54) is 25.3 Å². The van der Waals surface area contributed by atoms with Crippen molar-refractivity contribution in [2.75, 3.05) is 13.7 Å². The predicted octanol–water partition coefficient (Wildman–Crippen LogP) is 2.24. The number of nitrogens with one attached hydrogen (secondary N) is 2. The SMILES string of the molecule is CCNC(=NCc1cc(OC)ccc1OC(F)F)NCc1ccc(C(N)=O)o1. The van der Waals surface area contributed by atoms with Crippen molar-refractivity contribution in [1.29, 1.82) is 0 Å². The van der Waals surface area contributed by atoms with Crippen LogP contribution in [0.3, 0.4) is 0 Å². The summed E-state index contributed by atoms with van der Waals surface area (Å²) >= 11 is 0. The fourth-order valence-electron chi connectivity index (χ4n) is 2.30. The van der Waals surface area contributed by atoms with Crippen LogP contribution >= 0.6 is 0 Å². The van der Waals surface area contributed by atoms with Crippen LogP contribution in [-0.4, -0.2) is 32.1 Å². The molecule has 10 heteroatoms. The molecule has 0 aliphatic rings. The summed E-state index contributed by atoms with van der Waals surface area (Å²) in [6.07, 6.45) is 0. The molecule has 2 rings (SSSR count). The van der Waals surface area contributed by atoms with E-state index in [1.807, 2.05) is 6.92 Å². The number of carbonyl (C=O) groups is 1. The number of hydrogen-bond acceptors (Lipinski definition) is 5. The van der Waals surface area contributed by atoms with E-state index in [9.17, 15) is 13.6 Å². The molecular weight excluding hydrogens is 374 g/mol. The Morgan fingerprint density at radius 1 is 1.29 bits per heavy atom. The molecule has 1 aromatic carbocycles. The van der Waals surface area contributed by atoms with Gasteiger partial charge < -0.3 is 30.3 Å². The molecule has 0 atom stereocenters. The van der Waals surface area contributed by atoms with Crippen molar-refractivity contribution in [3.63, 3.8) is 0 Å². The molecule has 4 N–H and O–H groups in total. The number of guanidine groups is 1. The molecule has 0 spiro atoms. The highest BCUT2D eigenvalue weighted by atomic mass is 19.3. The van der Waals surface area contributed by atoms with Gasteiger partial charge in [0.15, 0.2) is 11.7 Å². The molecule has 152 valence electrons. The molecule has 8 nitrogen and oxygen atoms in total. The van der Waals surface area contributed by atoms with Gasteiger partial charge in [0.1, 0.15) is 17.3 Å². The van der Waals surface area contributed by atoms with E-state index in [1.54, 1.807) is 12.1 Å². The maximum Gasteiger partial charge on any atom is 0.387 e. The van der Waals surface area contributed by atoms with E-state index in [0.29, 0.717) is 29.6 Å². The van der Waals surface area contributed by atoms with Crippen LogP contribution in [0.4, 0.5) is 8.78 Å². The van der Waals surface area contributed by atoms with Crippen LogP contribution in [0, 0.1) is 0 Å². The summed E-state index contributed by atoms with van der Waals surface area (Å²) in [6.45, 7) is -0.168. The first kappa shape index (κ1) is 21.0. The predicted molar refractivity (Wildman–Crippen MR) is 98.5 cm³/mol. The lowest BCUT2D eigenvalue weighted by molar-refractivity contribution is -0.0504. The van der Waals surface area contributed by atoms with Gasteiger partial charge >= 0.3 is 6.61 Å². The number of primary amides is 1. The van der Waals surface area contributed by atoms with Gasteiger partial charge in [-0.25, -0.2) is 4.99 Å². The summed E-state index contributed by atoms with van der Waals surface area (Å²) in [5.74, 6) is 0.833. The Bertz CT molecular complexity index is 824. The Morgan fingerprint density at radius 2 is 2.07 bits per heavy atom. The van der Waals surface area contributed by atoms with Gasteiger partial charge in [0.05, 0.1) is 20.2 Å². The lowest BCUT2D eigenvalue weighted by atomic mass is 10.2. The third-order valence-corrected chi connectivity index (χ3v) is 3.57. The van der Waals surface area contributed by atoms with E-state index in [4.69, 9.17) is 14.9 Å². The average Bonchev–Trinajstić information content (AvgIpc) is 3.14. The second-order valence-corrected chi connectivity index (χ2v) is 5.53. The lowest BCUT2D eigenvalue weighted by Crippen LogP contribution is -2.36. The maximum absolute atomic E-state index is 12.6. The summed E-state index contributed by atoms with van der Waals surface area (Å²) < 4.78 is 40.2. The number of benzene rings is 1. The van der Waals surface area contributed by atoms with Gasteiger partial charge in [-0.1, -0.05) is 0 Å². The van der Waals surface area contributed by atoms with Crippen LogP contribution in [0.25, 0.3) is 0 Å². The normalized spacial score (nSPS) is 11.4. The standard InChI is InChI=1S/C18H22F2N4O4/c1-3-22-18(24-10-13-5-7-15(27-13)16(21)25)23-9-11-8-12(26-2)4-6-14(11)28-17(19)20/h4-8,17H,3,9-10H2,1-2H3,(H2,21,25)(H2,22,23,24). The van der Waals surface area contributed by atoms with Crippen LogP contribution < -0.4 is 25.8 Å². The molecule has 0 bridgehead atoms. The number of carbonyl (C=O) groups excluding carboxylic acids is 1. The molecule has 1 aromatic heterocycles. The number of nitrogens with zero attached hydrogens (tertiary/aromatic N) is 1. The summed E-state index contributed by atoms with van der Waals surface area (Å²) in [5.41, 5.74) is 5.59. The topological polar surface area (TPSA) is 111 Å².